The van der Waals surface area contributed by atoms with Crippen LogP contribution in [0.3, 0.4) is 0 Å². The molecule has 1 aliphatic heterocycles. The zero-order chi connectivity index (χ0) is 8.27. The van der Waals surface area contributed by atoms with E-state index in [2.05, 4.69) is 11.7 Å². The van der Waals surface area contributed by atoms with Gasteiger partial charge in [-0.15, -0.1) is 0 Å². The molecule has 0 fully saturated rings. The summed E-state index contributed by atoms with van der Waals surface area (Å²) in [6, 6.07) is 0.238. The van der Waals surface area contributed by atoms with Gasteiger partial charge in [0, 0.05) is 6.54 Å². The Morgan fingerprint density at radius 1 is 1.82 bits per heavy atom. The van der Waals surface area contributed by atoms with Gasteiger partial charge < -0.3 is 4.74 Å². The van der Waals surface area contributed by atoms with Gasteiger partial charge in [0.2, 0.25) is 0 Å². The van der Waals surface area contributed by atoms with Gasteiger partial charge >= 0.3 is 6.09 Å². The van der Waals surface area contributed by atoms with Crippen molar-refractivity contribution in [3.05, 3.63) is 12.2 Å². The number of nitrogens with zero attached hydrogens (tertiary/aromatic N) is 1. The maximum Gasteiger partial charge on any atom is 0.410 e. The van der Waals surface area contributed by atoms with Gasteiger partial charge in [-0.1, -0.05) is 19.1 Å². The summed E-state index contributed by atoms with van der Waals surface area (Å²) in [6.45, 7) is 2.74. The molecular weight excluding hydrogens is 142 g/mol. The monoisotopic (exact) mass is 155 g/mol. The molecule has 0 aliphatic carbocycles. The molecule has 3 heteroatoms. The van der Waals surface area contributed by atoms with Crippen molar-refractivity contribution < 1.29 is 9.53 Å². The van der Waals surface area contributed by atoms with Crippen molar-refractivity contribution in [1.82, 2.24) is 4.90 Å². The Morgan fingerprint density at radius 2 is 2.55 bits per heavy atom. The summed E-state index contributed by atoms with van der Waals surface area (Å²) >= 11 is 0. The van der Waals surface area contributed by atoms with Crippen molar-refractivity contribution in [2.75, 3.05) is 13.7 Å². The zero-order valence-electron chi connectivity index (χ0n) is 6.91. The van der Waals surface area contributed by atoms with E-state index in [0.717, 1.165) is 6.42 Å². The van der Waals surface area contributed by atoms with E-state index >= 15 is 0 Å². The molecule has 11 heavy (non-hydrogen) atoms. The van der Waals surface area contributed by atoms with Crippen LogP contribution in [0.25, 0.3) is 0 Å². The smallest absolute Gasteiger partial charge is 0.410 e. The topological polar surface area (TPSA) is 29.5 Å². The molecule has 0 aromatic rings. The second kappa shape index (κ2) is 3.42. The fraction of sp³-hybridized carbons (Fsp3) is 0.625. The van der Waals surface area contributed by atoms with Crippen molar-refractivity contribution in [1.29, 1.82) is 0 Å². The highest BCUT2D eigenvalue weighted by molar-refractivity contribution is 5.69. The number of hydrogen-bond acceptors (Lipinski definition) is 2. The average molecular weight is 155 g/mol. The summed E-state index contributed by atoms with van der Waals surface area (Å²) in [7, 11) is 1.41. The molecule has 0 aromatic heterocycles. The number of carbonyl (C=O) groups is 1. The van der Waals surface area contributed by atoms with Crippen LogP contribution in [0.5, 0.6) is 0 Å². The third kappa shape index (κ3) is 1.53. The summed E-state index contributed by atoms with van der Waals surface area (Å²) in [5, 5.41) is 0. The Hall–Kier alpha value is -0.990. The Labute approximate surface area is 66.6 Å². The van der Waals surface area contributed by atoms with E-state index in [4.69, 9.17) is 0 Å². The Morgan fingerprint density at radius 3 is 3.09 bits per heavy atom. The van der Waals surface area contributed by atoms with Gasteiger partial charge in [0.05, 0.1) is 13.2 Å². The first kappa shape index (κ1) is 8.11. The average Bonchev–Trinajstić information content (AvgIpc) is 2.50. The fourth-order valence-electron chi connectivity index (χ4n) is 1.25. The third-order valence-corrected chi connectivity index (χ3v) is 1.89. The lowest BCUT2D eigenvalue weighted by molar-refractivity contribution is 0.121. The van der Waals surface area contributed by atoms with Crippen molar-refractivity contribution in [3.63, 3.8) is 0 Å². The van der Waals surface area contributed by atoms with Crippen LogP contribution in [0.15, 0.2) is 12.2 Å². The molecule has 1 heterocycles. The molecule has 0 N–H and O–H groups in total. The van der Waals surface area contributed by atoms with E-state index in [1.54, 1.807) is 4.90 Å². The predicted molar refractivity (Wildman–Crippen MR) is 42.3 cm³/mol. The molecule has 1 aliphatic rings. The van der Waals surface area contributed by atoms with Gasteiger partial charge in [0.25, 0.3) is 0 Å². The van der Waals surface area contributed by atoms with E-state index in [0.29, 0.717) is 6.54 Å². The number of carbonyl (C=O) groups excluding carboxylic acids is 1. The highest BCUT2D eigenvalue weighted by atomic mass is 16.5. The molecule has 1 unspecified atom stereocenters. The van der Waals surface area contributed by atoms with Crippen LogP contribution in [0.1, 0.15) is 13.3 Å². The van der Waals surface area contributed by atoms with E-state index in [1.807, 2.05) is 12.2 Å². The minimum atomic E-state index is -0.234. The van der Waals surface area contributed by atoms with Crippen molar-refractivity contribution in [2.45, 2.75) is 19.4 Å². The van der Waals surface area contributed by atoms with Crippen LogP contribution >= 0.6 is 0 Å². The molecule has 0 saturated heterocycles. The van der Waals surface area contributed by atoms with Gasteiger partial charge in [-0.05, 0) is 6.42 Å². The van der Waals surface area contributed by atoms with Crippen molar-refractivity contribution >= 4 is 6.09 Å². The first-order valence-corrected chi connectivity index (χ1v) is 3.80. The van der Waals surface area contributed by atoms with Crippen LogP contribution in [-0.4, -0.2) is 30.7 Å². The molecule has 1 amide bonds. The summed E-state index contributed by atoms with van der Waals surface area (Å²) in [6.07, 6.45) is 4.75. The summed E-state index contributed by atoms with van der Waals surface area (Å²) in [5.41, 5.74) is 0. The van der Waals surface area contributed by atoms with Crippen LogP contribution in [0.2, 0.25) is 0 Å². The molecule has 0 bridgehead atoms. The number of hydrogen-bond donors (Lipinski definition) is 0. The van der Waals surface area contributed by atoms with Gasteiger partial charge in [-0.3, -0.25) is 4.90 Å². The Balaban J connectivity index is 2.53. The quantitative estimate of drug-likeness (QED) is 0.536. The maximum atomic E-state index is 11.0. The van der Waals surface area contributed by atoms with Crippen molar-refractivity contribution in [2.24, 2.45) is 0 Å². The molecule has 0 saturated carbocycles. The van der Waals surface area contributed by atoms with Gasteiger partial charge in [0.1, 0.15) is 0 Å². The third-order valence-electron chi connectivity index (χ3n) is 1.89. The first-order valence-electron chi connectivity index (χ1n) is 3.80. The van der Waals surface area contributed by atoms with Crippen LogP contribution in [0.4, 0.5) is 4.79 Å². The van der Waals surface area contributed by atoms with Crippen LogP contribution in [-0.2, 0) is 4.74 Å². The lowest BCUT2D eigenvalue weighted by Crippen LogP contribution is -2.35. The largest absolute Gasteiger partial charge is 0.453 e. The number of methoxy groups -OCH3 is 1. The maximum absolute atomic E-state index is 11.0. The Kier molecular flexibility index (Phi) is 2.52. The van der Waals surface area contributed by atoms with Gasteiger partial charge in [-0.25, -0.2) is 4.79 Å². The minimum Gasteiger partial charge on any atom is -0.453 e. The second-order valence-corrected chi connectivity index (χ2v) is 2.53. The SMILES string of the molecule is CCC1C=CCN1C(=O)OC. The molecule has 0 spiro atoms. The molecule has 0 aromatic carbocycles. The normalized spacial score (nSPS) is 22.4. The highest BCUT2D eigenvalue weighted by Gasteiger charge is 2.23. The number of amides is 1. The zero-order valence-corrected chi connectivity index (χ0v) is 6.91. The molecule has 0 radical (unpaired) electrons. The van der Waals surface area contributed by atoms with E-state index in [9.17, 15) is 4.79 Å². The molecule has 62 valence electrons. The van der Waals surface area contributed by atoms with Crippen molar-refractivity contribution in [3.8, 4) is 0 Å². The number of rotatable bonds is 1. The van der Waals surface area contributed by atoms with E-state index in [-0.39, 0.29) is 12.1 Å². The lowest BCUT2D eigenvalue weighted by Gasteiger charge is -2.21. The molecule has 3 nitrogen and oxygen atoms in total. The Bertz CT molecular complexity index is 177. The molecular formula is C8H13NO2. The van der Waals surface area contributed by atoms with Gasteiger partial charge in [-0.2, -0.15) is 0 Å². The minimum absolute atomic E-state index is 0.234. The second-order valence-electron chi connectivity index (χ2n) is 2.53. The summed E-state index contributed by atoms with van der Waals surface area (Å²) < 4.78 is 4.61. The standard InChI is InChI=1S/C8H13NO2/c1-3-7-5-4-6-9(7)8(10)11-2/h4-5,7H,3,6H2,1-2H3. The number of ether oxygens (including phenoxy) is 1. The predicted octanol–water partition coefficient (Wildman–Crippen LogP) is 1.40. The van der Waals surface area contributed by atoms with Gasteiger partial charge in [0.15, 0.2) is 0 Å². The van der Waals surface area contributed by atoms with Crippen LogP contribution in [0, 0.1) is 0 Å². The highest BCUT2D eigenvalue weighted by Crippen LogP contribution is 2.13. The first-order chi connectivity index (χ1) is 5.29. The molecule has 1 atom stereocenters. The lowest BCUT2D eigenvalue weighted by atomic mass is 10.2. The summed E-state index contributed by atoms with van der Waals surface area (Å²) in [4.78, 5) is 12.8. The van der Waals surface area contributed by atoms with Crippen LogP contribution < -0.4 is 0 Å². The van der Waals surface area contributed by atoms with E-state index < -0.39 is 0 Å². The molecule has 1 rings (SSSR count). The summed E-state index contributed by atoms with van der Waals surface area (Å²) in [5.74, 6) is 0. The fourth-order valence-corrected chi connectivity index (χ4v) is 1.25. The van der Waals surface area contributed by atoms with E-state index in [1.165, 1.54) is 7.11 Å².